The zero-order valence-corrected chi connectivity index (χ0v) is 23.9. The van der Waals surface area contributed by atoms with Gasteiger partial charge in [-0.2, -0.15) is 0 Å². The van der Waals surface area contributed by atoms with Crippen LogP contribution in [0.25, 0.3) is 0 Å². The summed E-state index contributed by atoms with van der Waals surface area (Å²) in [5.41, 5.74) is 4.52. The fourth-order valence-electron chi connectivity index (χ4n) is 5.54. The quantitative estimate of drug-likeness (QED) is 0.234. The Bertz CT molecular complexity index is 1270. The summed E-state index contributed by atoms with van der Waals surface area (Å²) in [6.45, 7) is 9.42. The van der Waals surface area contributed by atoms with Crippen LogP contribution in [-0.4, -0.2) is 37.2 Å². The molecule has 0 radical (unpaired) electrons. The zero-order chi connectivity index (χ0) is 28.2. The fourth-order valence-corrected chi connectivity index (χ4v) is 5.54. The number of anilines is 1. The molecule has 2 aromatic carbocycles. The Morgan fingerprint density at radius 3 is 2.36 bits per heavy atom. The smallest absolute Gasteiger partial charge is 0.316 e. The SMILES string of the molecule is CCN(CC1C#CC(CC(=O)O)CC1)c1cc(OC)ccc1[C@H]1CCc2cc(OC(=O)C(C)(C)C)ccc2C1. The van der Waals surface area contributed by atoms with E-state index < -0.39 is 11.4 Å². The van der Waals surface area contributed by atoms with E-state index >= 15 is 0 Å². The summed E-state index contributed by atoms with van der Waals surface area (Å²) in [6.07, 6.45) is 4.75. The van der Waals surface area contributed by atoms with Gasteiger partial charge in [0, 0.05) is 36.7 Å². The lowest BCUT2D eigenvalue weighted by Gasteiger charge is -2.33. The second-order valence-electron chi connectivity index (χ2n) is 11.8. The highest BCUT2D eigenvalue weighted by molar-refractivity contribution is 5.78. The normalized spacial score (nSPS) is 20.3. The summed E-state index contributed by atoms with van der Waals surface area (Å²) in [6, 6.07) is 12.5. The monoisotopic (exact) mass is 531 g/mol. The minimum Gasteiger partial charge on any atom is -0.497 e. The van der Waals surface area contributed by atoms with E-state index in [9.17, 15) is 9.59 Å². The van der Waals surface area contributed by atoms with Gasteiger partial charge in [0.1, 0.15) is 11.5 Å². The van der Waals surface area contributed by atoms with Gasteiger partial charge < -0.3 is 19.5 Å². The first-order chi connectivity index (χ1) is 18.6. The van der Waals surface area contributed by atoms with Crippen LogP contribution in [0.15, 0.2) is 36.4 Å². The third kappa shape index (κ3) is 7.15. The molecule has 0 spiro atoms. The van der Waals surface area contributed by atoms with Gasteiger partial charge in [-0.3, -0.25) is 9.59 Å². The van der Waals surface area contributed by atoms with Gasteiger partial charge in [-0.1, -0.05) is 24.0 Å². The number of nitrogens with zero attached hydrogens (tertiary/aromatic N) is 1. The molecular formula is C33H41NO5. The number of ether oxygens (including phenoxy) is 2. The Hall–Kier alpha value is -3.46. The highest BCUT2D eigenvalue weighted by Crippen LogP contribution is 2.40. The third-order valence-electron chi connectivity index (χ3n) is 7.85. The van der Waals surface area contributed by atoms with Gasteiger partial charge in [-0.15, -0.1) is 0 Å². The van der Waals surface area contributed by atoms with Crippen LogP contribution in [0.1, 0.15) is 76.0 Å². The Morgan fingerprint density at radius 2 is 1.72 bits per heavy atom. The second-order valence-corrected chi connectivity index (χ2v) is 11.8. The lowest BCUT2D eigenvalue weighted by Crippen LogP contribution is -2.31. The number of aliphatic carboxylic acids is 1. The van der Waals surface area contributed by atoms with Gasteiger partial charge in [-0.25, -0.2) is 0 Å². The summed E-state index contributed by atoms with van der Waals surface area (Å²) in [5.74, 6) is 7.56. The average Bonchev–Trinajstić information content (AvgIpc) is 2.91. The molecule has 2 aliphatic carbocycles. The molecule has 0 heterocycles. The van der Waals surface area contributed by atoms with Crippen LogP contribution < -0.4 is 14.4 Å². The molecule has 4 rings (SSSR count). The van der Waals surface area contributed by atoms with Crippen LogP contribution in [0.5, 0.6) is 11.5 Å². The van der Waals surface area contributed by atoms with Gasteiger partial charge >= 0.3 is 11.9 Å². The lowest BCUT2D eigenvalue weighted by atomic mass is 9.79. The first kappa shape index (κ1) is 28.5. The maximum absolute atomic E-state index is 12.4. The Kier molecular flexibility index (Phi) is 8.90. The van der Waals surface area contributed by atoms with Gasteiger partial charge in [-0.05, 0) is 101 Å². The van der Waals surface area contributed by atoms with Crippen molar-refractivity contribution in [1.82, 2.24) is 0 Å². The number of carboxylic acid groups (broad SMARTS) is 1. The van der Waals surface area contributed by atoms with Gasteiger partial charge in [0.15, 0.2) is 0 Å². The molecule has 2 aliphatic rings. The van der Waals surface area contributed by atoms with E-state index in [4.69, 9.17) is 14.6 Å². The minimum atomic E-state index is -0.778. The van der Waals surface area contributed by atoms with Crippen molar-refractivity contribution in [3.63, 3.8) is 0 Å². The van der Waals surface area contributed by atoms with Crippen molar-refractivity contribution < 1.29 is 24.2 Å². The van der Waals surface area contributed by atoms with Gasteiger partial charge in [0.2, 0.25) is 0 Å². The van der Waals surface area contributed by atoms with E-state index in [0.717, 1.165) is 50.9 Å². The molecule has 1 N–H and O–H groups in total. The maximum atomic E-state index is 12.4. The summed E-state index contributed by atoms with van der Waals surface area (Å²) in [7, 11) is 1.70. The highest BCUT2D eigenvalue weighted by Gasteiger charge is 2.28. The summed E-state index contributed by atoms with van der Waals surface area (Å²) in [5, 5.41) is 9.10. The van der Waals surface area contributed by atoms with Crippen LogP contribution in [0, 0.1) is 29.1 Å². The zero-order valence-electron chi connectivity index (χ0n) is 23.9. The molecule has 2 aromatic rings. The minimum absolute atomic E-state index is 0.0407. The van der Waals surface area contributed by atoms with Crippen molar-refractivity contribution in [2.45, 2.75) is 72.1 Å². The average molecular weight is 532 g/mol. The molecule has 2 unspecified atom stereocenters. The molecule has 39 heavy (non-hydrogen) atoms. The largest absolute Gasteiger partial charge is 0.497 e. The van der Waals surface area contributed by atoms with Crippen LogP contribution in [-0.2, 0) is 22.4 Å². The number of hydrogen-bond acceptors (Lipinski definition) is 5. The molecule has 0 saturated carbocycles. The van der Waals surface area contributed by atoms with Gasteiger partial charge in [0.25, 0.3) is 0 Å². The van der Waals surface area contributed by atoms with Crippen molar-refractivity contribution >= 4 is 17.6 Å². The molecule has 0 saturated heterocycles. The van der Waals surface area contributed by atoms with Crippen LogP contribution in [0.2, 0.25) is 0 Å². The number of esters is 1. The van der Waals surface area contributed by atoms with E-state index in [1.54, 1.807) is 7.11 Å². The molecule has 0 fully saturated rings. The molecule has 6 heteroatoms. The molecule has 0 amide bonds. The highest BCUT2D eigenvalue weighted by atomic mass is 16.5. The molecule has 0 aliphatic heterocycles. The standard InChI is InChI=1S/C33H41NO5/c1-6-34(21-23-9-7-22(8-10-23)17-31(35)36)30-20-27(38-5)15-16-29(30)26-12-11-25-19-28(14-13-24(25)18-26)39-32(37)33(2,3)4/h13-16,19-20,22-23,26H,6-7,9,11-12,17-18,21H2,1-5H3,(H,35,36)/t22?,23?,26-/m0/s1. The van der Waals surface area contributed by atoms with Gasteiger partial charge in [0.05, 0.1) is 18.9 Å². The van der Waals surface area contributed by atoms with Crippen LogP contribution >= 0.6 is 0 Å². The van der Waals surface area contributed by atoms with Crippen LogP contribution in [0.4, 0.5) is 5.69 Å². The molecule has 208 valence electrons. The predicted octanol–water partition coefficient (Wildman–Crippen LogP) is 6.25. The van der Waals surface area contributed by atoms with E-state index in [-0.39, 0.29) is 24.2 Å². The van der Waals surface area contributed by atoms with Crippen molar-refractivity contribution in [3.05, 3.63) is 53.1 Å². The van der Waals surface area contributed by atoms with Crippen molar-refractivity contribution in [1.29, 1.82) is 0 Å². The van der Waals surface area contributed by atoms with Crippen molar-refractivity contribution in [2.24, 2.45) is 17.3 Å². The molecule has 0 bridgehead atoms. The molecule has 0 aromatic heterocycles. The van der Waals surface area contributed by atoms with Crippen molar-refractivity contribution in [2.75, 3.05) is 25.1 Å². The van der Waals surface area contributed by atoms with E-state index in [1.165, 1.54) is 22.4 Å². The molecule has 3 atom stereocenters. The number of carbonyl (C=O) groups excluding carboxylic acids is 1. The maximum Gasteiger partial charge on any atom is 0.316 e. The number of aryl methyl sites for hydroxylation is 1. The van der Waals surface area contributed by atoms with Crippen LogP contribution in [0.3, 0.4) is 0 Å². The third-order valence-corrected chi connectivity index (χ3v) is 7.85. The lowest BCUT2D eigenvalue weighted by molar-refractivity contribution is -0.143. The molecular weight excluding hydrogens is 490 g/mol. The topological polar surface area (TPSA) is 76.1 Å². The number of carboxylic acids is 1. The second kappa shape index (κ2) is 12.2. The summed E-state index contributed by atoms with van der Waals surface area (Å²) in [4.78, 5) is 25.8. The summed E-state index contributed by atoms with van der Waals surface area (Å²) >= 11 is 0. The Labute approximate surface area is 232 Å². The Morgan fingerprint density at radius 1 is 1.00 bits per heavy atom. The van der Waals surface area contributed by atoms with E-state index in [2.05, 4.69) is 41.9 Å². The van der Waals surface area contributed by atoms with E-state index in [0.29, 0.717) is 11.7 Å². The molecule has 6 nitrogen and oxygen atoms in total. The first-order valence-electron chi connectivity index (χ1n) is 14.1. The first-order valence-corrected chi connectivity index (χ1v) is 14.1. The summed E-state index contributed by atoms with van der Waals surface area (Å²) < 4.78 is 11.3. The number of hydrogen-bond donors (Lipinski definition) is 1. The number of benzene rings is 2. The Balaban J connectivity index is 1.53. The number of fused-ring (bicyclic) bond motifs is 1. The number of rotatable bonds is 9. The number of carbonyl (C=O) groups is 2. The van der Waals surface area contributed by atoms with Crippen molar-refractivity contribution in [3.8, 4) is 23.3 Å². The predicted molar refractivity (Wildman–Crippen MR) is 153 cm³/mol. The number of methoxy groups -OCH3 is 1. The van der Waals surface area contributed by atoms with E-state index in [1.807, 2.05) is 39.0 Å². The fraction of sp³-hybridized carbons (Fsp3) is 0.515.